The highest BCUT2D eigenvalue weighted by atomic mass is 16.5. The summed E-state index contributed by atoms with van der Waals surface area (Å²) in [7, 11) is 0. The molecule has 1 unspecified atom stereocenters. The van der Waals surface area contributed by atoms with Gasteiger partial charge in [-0.15, -0.1) is 0 Å². The van der Waals surface area contributed by atoms with Gasteiger partial charge in [-0.3, -0.25) is 11.3 Å². The minimum atomic E-state index is 0.0598. The Labute approximate surface area is 109 Å². The zero-order chi connectivity index (χ0) is 13.2. The highest BCUT2D eigenvalue weighted by Gasteiger charge is 2.14. The van der Waals surface area contributed by atoms with Crippen molar-refractivity contribution in [2.24, 2.45) is 5.84 Å². The van der Waals surface area contributed by atoms with E-state index in [1.807, 2.05) is 31.2 Å². The maximum Gasteiger partial charge on any atom is 0.124 e. The summed E-state index contributed by atoms with van der Waals surface area (Å²) in [6.45, 7) is 6.22. The molecule has 0 amide bonds. The summed E-state index contributed by atoms with van der Waals surface area (Å²) in [6, 6.07) is 8.06. The first kappa shape index (κ1) is 15.0. The first-order valence-corrected chi connectivity index (χ1v) is 6.59. The topological polar surface area (TPSA) is 56.5 Å². The number of hydrogen-bond donors (Lipinski definition) is 2. The van der Waals surface area contributed by atoms with Crippen LogP contribution in [-0.2, 0) is 4.74 Å². The molecule has 102 valence electrons. The lowest BCUT2D eigenvalue weighted by Crippen LogP contribution is -2.29. The Morgan fingerprint density at radius 2 is 2.00 bits per heavy atom. The third-order valence-corrected chi connectivity index (χ3v) is 2.71. The van der Waals surface area contributed by atoms with Crippen molar-refractivity contribution in [2.75, 3.05) is 19.8 Å². The zero-order valence-electron chi connectivity index (χ0n) is 11.3. The van der Waals surface area contributed by atoms with Crippen LogP contribution in [0.2, 0.25) is 0 Å². The Balaban J connectivity index is 2.70. The van der Waals surface area contributed by atoms with Crippen LogP contribution in [0.25, 0.3) is 0 Å². The molecular formula is C14H24N2O2. The lowest BCUT2D eigenvalue weighted by molar-refractivity contribution is 0.136. The molecule has 0 heterocycles. The van der Waals surface area contributed by atoms with Gasteiger partial charge in [0, 0.05) is 18.8 Å². The van der Waals surface area contributed by atoms with E-state index in [1.165, 1.54) is 0 Å². The van der Waals surface area contributed by atoms with E-state index in [0.29, 0.717) is 6.61 Å². The van der Waals surface area contributed by atoms with Gasteiger partial charge in [-0.25, -0.2) is 0 Å². The maximum absolute atomic E-state index is 5.74. The third-order valence-electron chi connectivity index (χ3n) is 2.71. The Morgan fingerprint density at radius 3 is 2.67 bits per heavy atom. The van der Waals surface area contributed by atoms with Crippen molar-refractivity contribution in [3.63, 3.8) is 0 Å². The molecule has 0 aliphatic heterocycles. The number of nitrogens with two attached hydrogens (primary N) is 1. The van der Waals surface area contributed by atoms with E-state index in [4.69, 9.17) is 15.3 Å². The van der Waals surface area contributed by atoms with Crippen molar-refractivity contribution >= 4 is 0 Å². The molecule has 18 heavy (non-hydrogen) atoms. The molecule has 0 bridgehead atoms. The number of ether oxygens (including phenoxy) is 2. The standard InChI is InChI=1S/C14H24N2O2/c1-3-10-18-14-8-6-5-7-12(14)13(16-15)9-11-17-4-2/h5-8,13,16H,3-4,9-11,15H2,1-2H3. The van der Waals surface area contributed by atoms with Gasteiger partial charge in [0.1, 0.15) is 5.75 Å². The van der Waals surface area contributed by atoms with Crippen LogP contribution in [0.5, 0.6) is 5.75 Å². The summed E-state index contributed by atoms with van der Waals surface area (Å²) in [4.78, 5) is 0. The van der Waals surface area contributed by atoms with Crippen LogP contribution in [-0.4, -0.2) is 19.8 Å². The highest BCUT2D eigenvalue weighted by molar-refractivity contribution is 5.35. The van der Waals surface area contributed by atoms with E-state index in [1.54, 1.807) is 0 Å². The molecule has 0 aliphatic carbocycles. The number of rotatable bonds is 9. The van der Waals surface area contributed by atoms with Gasteiger partial charge in [0.2, 0.25) is 0 Å². The van der Waals surface area contributed by atoms with Crippen LogP contribution < -0.4 is 16.0 Å². The smallest absolute Gasteiger partial charge is 0.124 e. The minimum Gasteiger partial charge on any atom is -0.493 e. The van der Waals surface area contributed by atoms with Crippen molar-refractivity contribution in [3.05, 3.63) is 29.8 Å². The largest absolute Gasteiger partial charge is 0.493 e. The molecule has 0 saturated heterocycles. The normalized spacial score (nSPS) is 12.4. The second-order valence-electron chi connectivity index (χ2n) is 4.09. The number of para-hydroxylation sites is 1. The molecule has 0 fully saturated rings. The van der Waals surface area contributed by atoms with Crippen molar-refractivity contribution in [1.82, 2.24) is 5.43 Å². The number of hydrogen-bond acceptors (Lipinski definition) is 4. The van der Waals surface area contributed by atoms with Crippen molar-refractivity contribution in [2.45, 2.75) is 32.7 Å². The Morgan fingerprint density at radius 1 is 1.22 bits per heavy atom. The lowest BCUT2D eigenvalue weighted by atomic mass is 10.0. The van der Waals surface area contributed by atoms with Gasteiger partial charge in [-0.05, 0) is 25.8 Å². The maximum atomic E-state index is 5.74. The molecule has 1 atom stereocenters. The van der Waals surface area contributed by atoms with Gasteiger partial charge in [-0.2, -0.15) is 0 Å². The van der Waals surface area contributed by atoms with Crippen LogP contribution in [0, 0.1) is 0 Å². The van der Waals surface area contributed by atoms with E-state index in [2.05, 4.69) is 12.3 Å². The average molecular weight is 252 g/mol. The molecule has 0 radical (unpaired) electrons. The molecule has 4 nitrogen and oxygen atoms in total. The van der Waals surface area contributed by atoms with Crippen LogP contribution in [0.15, 0.2) is 24.3 Å². The first-order chi connectivity index (χ1) is 8.83. The van der Waals surface area contributed by atoms with Crippen molar-refractivity contribution < 1.29 is 9.47 Å². The fraction of sp³-hybridized carbons (Fsp3) is 0.571. The summed E-state index contributed by atoms with van der Waals surface area (Å²) in [5.74, 6) is 6.53. The van der Waals surface area contributed by atoms with Gasteiger partial charge in [0.25, 0.3) is 0 Å². The van der Waals surface area contributed by atoms with Gasteiger partial charge in [0.15, 0.2) is 0 Å². The first-order valence-electron chi connectivity index (χ1n) is 6.59. The molecule has 0 aromatic heterocycles. The Bertz CT molecular complexity index is 331. The third kappa shape index (κ3) is 4.64. The molecule has 1 aromatic carbocycles. The lowest BCUT2D eigenvalue weighted by Gasteiger charge is -2.19. The SMILES string of the molecule is CCCOc1ccccc1C(CCOCC)NN. The van der Waals surface area contributed by atoms with Gasteiger partial charge >= 0.3 is 0 Å². The summed E-state index contributed by atoms with van der Waals surface area (Å²) < 4.78 is 11.1. The molecule has 0 aliphatic rings. The summed E-state index contributed by atoms with van der Waals surface area (Å²) in [6.07, 6.45) is 1.82. The van der Waals surface area contributed by atoms with Crippen molar-refractivity contribution in [3.8, 4) is 5.75 Å². The van der Waals surface area contributed by atoms with Gasteiger partial charge in [0.05, 0.1) is 12.6 Å². The second-order valence-corrected chi connectivity index (χ2v) is 4.09. The van der Waals surface area contributed by atoms with E-state index in [0.717, 1.165) is 37.4 Å². The number of benzene rings is 1. The zero-order valence-corrected chi connectivity index (χ0v) is 11.3. The van der Waals surface area contributed by atoms with Crippen LogP contribution >= 0.6 is 0 Å². The van der Waals surface area contributed by atoms with Crippen molar-refractivity contribution in [1.29, 1.82) is 0 Å². The Kier molecular flexibility index (Phi) is 7.41. The van der Waals surface area contributed by atoms with Crippen LogP contribution in [0.4, 0.5) is 0 Å². The predicted octanol–water partition coefficient (Wildman–Crippen LogP) is 2.41. The molecule has 3 N–H and O–H groups in total. The molecule has 4 heteroatoms. The summed E-state index contributed by atoms with van der Waals surface area (Å²) in [5, 5.41) is 0. The van der Waals surface area contributed by atoms with Crippen LogP contribution in [0.1, 0.15) is 38.3 Å². The van der Waals surface area contributed by atoms with E-state index < -0.39 is 0 Å². The minimum absolute atomic E-state index is 0.0598. The number of nitrogens with one attached hydrogen (secondary N) is 1. The van der Waals surface area contributed by atoms with E-state index in [-0.39, 0.29) is 6.04 Å². The predicted molar refractivity (Wildman–Crippen MR) is 73.4 cm³/mol. The monoisotopic (exact) mass is 252 g/mol. The average Bonchev–Trinajstić information content (AvgIpc) is 2.42. The molecule has 1 aromatic rings. The van der Waals surface area contributed by atoms with E-state index >= 15 is 0 Å². The summed E-state index contributed by atoms with van der Waals surface area (Å²) >= 11 is 0. The Hall–Kier alpha value is -1.10. The van der Waals surface area contributed by atoms with Gasteiger partial charge in [-0.1, -0.05) is 25.1 Å². The van der Waals surface area contributed by atoms with Crippen LogP contribution in [0.3, 0.4) is 0 Å². The molecule has 0 spiro atoms. The quantitative estimate of drug-likeness (QED) is 0.402. The fourth-order valence-corrected chi connectivity index (χ4v) is 1.79. The fourth-order valence-electron chi connectivity index (χ4n) is 1.79. The highest BCUT2D eigenvalue weighted by Crippen LogP contribution is 2.26. The molecule has 1 rings (SSSR count). The molecular weight excluding hydrogens is 228 g/mol. The second kappa shape index (κ2) is 8.91. The van der Waals surface area contributed by atoms with E-state index in [9.17, 15) is 0 Å². The van der Waals surface area contributed by atoms with Gasteiger partial charge < -0.3 is 9.47 Å². The number of hydrazine groups is 1. The molecule has 0 saturated carbocycles. The summed E-state index contributed by atoms with van der Waals surface area (Å²) in [5.41, 5.74) is 3.92.